The van der Waals surface area contributed by atoms with E-state index in [1.165, 1.54) is 32.1 Å². The molecule has 118 valence electrons. The first-order valence-corrected chi connectivity index (χ1v) is 8.60. The third-order valence-corrected chi connectivity index (χ3v) is 5.53. The van der Waals surface area contributed by atoms with Gasteiger partial charge in [-0.25, -0.2) is 0 Å². The van der Waals surface area contributed by atoms with Crippen molar-refractivity contribution in [2.75, 3.05) is 19.8 Å². The molecule has 3 heteroatoms. The summed E-state index contributed by atoms with van der Waals surface area (Å²) in [5, 5.41) is 3.73. The van der Waals surface area contributed by atoms with Crippen molar-refractivity contribution in [1.82, 2.24) is 5.32 Å². The van der Waals surface area contributed by atoms with Crippen LogP contribution in [0.3, 0.4) is 0 Å². The molecule has 0 radical (unpaired) electrons. The molecule has 20 heavy (non-hydrogen) atoms. The Morgan fingerprint density at radius 1 is 1.35 bits per heavy atom. The van der Waals surface area contributed by atoms with E-state index in [-0.39, 0.29) is 11.2 Å². The van der Waals surface area contributed by atoms with Gasteiger partial charge in [0.15, 0.2) is 0 Å². The first-order chi connectivity index (χ1) is 9.59. The van der Waals surface area contributed by atoms with Crippen LogP contribution in [0.4, 0.5) is 0 Å². The van der Waals surface area contributed by atoms with Crippen LogP contribution in [0.25, 0.3) is 0 Å². The number of rotatable bonds is 7. The minimum atomic E-state index is -0.0578. The van der Waals surface area contributed by atoms with E-state index < -0.39 is 0 Å². The summed E-state index contributed by atoms with van der Waals surface area (Å²) in [4.78, 5) is 0. The van der Waals surface area contributed by atoms with E-state index in [0.29, 0.717) is 12.0 Å². The van der Waals surface area contributed by atoms with Crippen LogP contribution in [0.2, 0.25) is 0 Å². The molecule has 1 aliphatic carbocycles. The highest BCUT2D eigenvalue weighted by atomic mass is 16.5. The molecule has 0 bridgehead atoms. The molecule has 1 spiro atoms. The third kappa shape index (κ3) is 3.20. The third-order valence-electron chi connectivity index (χ3n) is 5.53. The zero-order valence-corrected chi connectivity index (χ0v) is 13.8. The van der Waals surface area contributed by atoms with Gasteiger partial charge in [0.2, 0.25) is 0 Å². The van der Waals surface area contributed by atoms with Crippen molar-refractivity contribution in [1.29, 1.82) is 0 Å². The first-order valence-electron chi connectivity index (χ1n) is 8.60. The fourth-order valence-electron chi connectivity index (χ4n) is 4.11. The fraction of sp³-hybridized carbons (Fsp3) is 1.00. The molecule has 3 unspecified atom stereocenters. The van der Waals surface area contributed by atoms with Gasteiger partial charge in [-0.15, -0.1) is 0 Å². The average Bonchev–Trinajstić information content (AvgIpc) is 2.43. The highest BCUT2D eigenvalue weighted by Gasteiger charge is 2.47. The van der Waals surface area contributed by atoms with Gasteiger partial charge in [0.1, 0.15) is 0 Å². The van der Waals surface area contributed by atoms with E-state index in [1.54, 1.807) is 0 Å². The summed E-state index contributed by atoms with van der Waals surface area (Å²) < 4.78 is 12.3. The number of likely N-dealkylation sites (N-methyl/N-ethyl adjacent to an activating group) is 1. The van der Waals surface area contributed by atoms with Gasteiger partial charge in [0.05, 0.1) is 11.2 Å². The summed E-state index contributed by atoms with van der Waals surface area (Å²) in [6.07, 6.45) is 7.31. The lowest BCUT2D eigenvalue weighted by Crippen LogP contribution is -2.58. The van der Waals surface area contributed by atoms with Crippen LogP contribution in [-0.4, -0.2) is 37.0 Å². The van der Waals surface area contributed by atoms with E-state index in [4.69, 9.17) is 9.47 Å². The van der Waals surface area contributed by atoms with Crippen LogP contribution < -0.4 is 5.32 Å². The quantitative estimate of drug-likeness (QED) is 0.775. The molecule has 1 saturated carbocycles. The fourth-order valence-corrected chi connectivity index (χ4v) is 4.11. The van der Waals surface area contributed by atoms with Gasteiger partial charge >= 0.3 is 0 Å². The predicted molar refractivity (Wildman–Crippen MR) is 83.0 cm³/mol. The van der Waals surface area contributed by atoms with Gasteiger partial charge in [-0.3, -0.25) is 0 Å². The zero-order chi connectivity index (χ0) is 14.6. The van der Waals surface area contributed by atoms with Gasteiger partial charge in [-0.1, -0.05) is 13.8 Å². The normalized spacial score (nSPS) is 29.7. The van der Waals surface area contributed by atoms with Gasteiger partial charge in [0.25, 0.3) is 0 Å². The van der Waals surface area contributed by atoms with E-state index >= 15 is 0 Å². The maximum atomic E-state index is 6.16. The van der Waals surface area contributed by atoms with Gasteiger partial charge < -0.3 is 14.8 Å². The van der Waals surface area contributed by atoms with Crippen molar-refractivity contribution >= 4 is 0 Å². The topological polar surface area (TPSA) is 30.5 Å². The van der Waals surface area contributed by atoms with Crippen LogP contribution in [0, 0.1) is 5.92 Å². The molecule has 3 atom stereocenters. The molecule has 1 heterocycles. The zero-order valence-electron chi connectivity index (χ0n) is 13.8. The number of ether oxygens (including phenoxy) is 2. The molecule has 1 N–H and O–H groups in total. The maximum absolute atomic E-state index is 6.16. The van der Waals surface area contributed by atoms with E-state index in [1.807, 2.05) is 0 Å². The summed E-state index contributed by atoms with van der Waals surface area (Å²) >= 11 is 0. The summed E-state index contributed by atoms with van der Waals surface area (Å²) in [7, 11) is 0. The summed E-state index contributed by atoms with van der Waals surface area (Å²) in [6, 6.07) is 0.443. The van der Waals surface area contributed by atoms with Crippen LogP contribution in [0.15, 0.2) is 0 Å². The van der Waals surface area contributed by atoms with Crippen molar-refractivity contribution in [3.05, 3.63) is 0 Å². The molecule has 1 aliphatic heterocycles. The van der Waals surface area contributed by atoms with Crippen molar-refractivity contribution in [2.24, 2.45) is 5.92 Å². The van der Waals surface area contributed by atoms with E-state index in [0.717, 1.165) is 26.2 Å². The van der Waals surface area contributed by atoms with E-state index in [2.05, 4.69) is 33.0 Å². The molecular formula is C17H33NO2. The Labute approximate surface area is 124 Å². The Hall–Kier alpha value is -0.120. The molecule has 3 nitrogen and oxygen atoms in total. The number of nitrogens with one attached hydrogen (secondary N) is 1. The van der Waals surface area contributed by atoms with Gasteiger partial charge in [0, 0.05) is 19.3 Å². The lowest BCUT2D eigenvalue weighted by atomic mass is 9.68. The largest absolute Gasteiger partial charge is 0.375 e. The molecular weight excluding hydrogens is 250 g/mol. The Balaban J connectivity index is 2.10. The lowest BCUT2D eigenvalue weighted by molar-refractivity contribution is -0.161. The van der Waals surface area contributed by atoms with Crippen LogP contribution >= 0.6 is 0 Å². The van der Waals surface area contributed by atoms with Crippen LogP contribution in [0.1, 0.15) is 66.2 Å². The molecule has 0 aromatic carbocycles. The Bertz CT molecular complexity index is 303. The first kappa shape index (κ1) is 16.3. The van der Waals surface area contributed by atoms with Crippen molar-refractivity contribution in [2.45, 2.75) is 83.5 Å². The van der Waals surface area contributed by atoms with Crippen molar-refractivity contribution in [3.63, 3.8) is 0 Å². The standard InChI is InChI=1S/C17H33NO2/c1-5-16(4,19-7-3)15(18-6-2)14-9-12-20-17(13-14)10-8-11-17/h14-15,18H,5-13H2,1-4H3. The SMILES string of the molecule is CCNC(C1CCOC2(CCC2)C1)C(C)(CC)OCC. The lowest BCUT2D eigenvalue weighted by Gasteiger charge is -2.51. The minimum absolute atomic E-state index is 0.0578. The number of hydrogen-bond acceptors (Lipinski definition) is 3. The molecule has 1 saturated heterocycles. The van der Waals surface area contributed by atoms with Crippen LogP contribution in [0.5, 0.6) is 0 Å². The average molecular weight is 283 g/mol. The second-order valence-corrected chi connectivity index (χ2v) is 6.77. The maximum Gasteiger partial charge on any atom is 0.0806 e. The monoisotopic (exact) mass is 283 g/mol. The molecule has 0 aromatic rings. The molecule has 2 rings (SSSR count). The molecule has 2 fully saturated rings. The van der Waals surface area contributed by atoms with Crippen molar-refractivity contribution < 1.29 is 9.47 Å². The summed E-state index contributed by atoms with van der Waals surface area (Å²) in [5.41, 5.74) is 0.162. The Morgan fingerprint density at radius 3 is 2.60 bits per heavy atom. The molecule has 0 amide bonds. The molecule has 0 aromatic heterocycles. The van der Waals surface area contributed by atoms with Crippen molar-refractivity contribution in [3.8, 4) is 0 Å². The van der Waals surface area contributed by atoms with E-state index in [9.17, 15) is 0 Å². The molecule has 2 aliphatic rings. The minimum Gasteiger partial charge on any atom is -0.375 e. The predicted octanol–water partition coefficient (Wildman–Crippen LogP) is 3.52. The summed E-state index contributed by atoms with van der Waals surface area (Å²) in [5.74, 6) is 0.681. The Kier molecular flexibility index (Phi) is 5.49. The summed E-state index contributed by atoms with van der Waals surface area (Å²) in [6.45, 7) is 11.6. The second-order valence-electron chi connectivity index (χ2n) is 6.77. The number of hydrogen-bond donors (Lipinski definition) is 1. The van der Waals surface area contributed by atoms with Gasteiger partial charge in [-0.05, 0) is 64.8 Å². The highest BCUT2D eigenvalue weighted by molar-refractivity contribution is 5.01. The Morgan fingerprint density at radius 2 is 2.10 bits per heavy atom. The van der Waals surface area contributed by atoms with Crippen LogP contribution in [-0.2, 0) is 9.47 Å². The van der Waals surface area contributed by atoms with Gasteiger partial charge in [-0.2, -0.15) is 0 Å². The highest BCUT2D eigenvalue weighted by Crippen LogP contribution is 2.46. The second kappa shape index (κ2) is 6.76. The smallest absolute Gasteiger partial charge is 0.0806 e.